The molecule has 0 radical (unpaired) electrons. The zero-order chi connectivity index (χ0) is 21.3. The first kappa shape index (κ1) is 20.1. The molecule has 0 bridgehead atoms. The highest BCUT2D eigenvalue weighted by atomic mass is 16.2. The number of amides is 3. The first-order valence-corrected chi connectivity index (χ1v) is 10.4. The van der Waals surface area contributed by atoms with Crippen molar-refractivity contribution in [3.63, 3.8) is 0 Å². The van der Waals surface area contributed by atoms with Crippen LogP contribution in [-0.4, -0.2) is 49.3 Å². The van der Waals surface area contributed by atoms with Gasteiger partial charge in [0.25, 0.3) is 5.91 Å². The molecule has 9 nitrogen and oxygen atoms in total. The molecule has 3 N–H and O–H groups in total. The molecule has 0 atom stereocenters. The third-order valence-electron chi connectivity index (χ3n) is 6.13. The summed E-state index contributed by atoms with van der Waals surface area (Å²) in [7, 11) is 1.71. The number of imide groups is 1. The number of benzene rings is 1. The zero-order valence-corrected chi connectivity index (χ0v) is 17.4. The second-order valence-corrected chi connectivity index (χ2v) is 7.89. The van der Waals surface area contributed by atoms with Crippen molar-refractivity contribution in [1.82, 2.24) is 24.8 Å². The van der Waals surface area contributed by atoms with Gasteiger partial charge in [-0.25, -0.2) is 4.79 Å². The number of likely N-dealkylation sites (N-methyl/N-ethyl adjacent to an activating group) is 1. The summed E-state index contributed by atoms with van der Waals surface area (Å²) in [6.45, 7) is 2.04. The SMILES string of the molecule is CCc1ccccc1Nc1nc(N)nc(CN2C(=O)N(C)C3(CCCCC3)C2=O)n1. The van der Waals surface area contributed by atoms with E-state index in [0.717, 1.165) is 36.9 Å². The van der Waals surface area contributed by atoms with Crippen LogP contribution in [0.5, 0.6) is 0 Å². The number of aryl methyl sites for hydroxylation is 1. The predicted molar refractivity (Wildman–Crippen MR) is 113 cm³/mol. The molecule has 30 heavy (non-hydrogen) atoms. The molecule has 2 fully saturated rings. The van der Waals surface area contributed by atoms with Crippen LogP contribution in [0.1, 0.15) is 50.4 Å². The van der Waals surface area contributed by atoms with E-state index in [1.165, 1.54) is 4.90 Å². The minimum Gasteiger partial charge on any atom is -0.368 e. The number of rotatable bonds is 5. The maximum atomic E-state index is 13.2. The van der Waals surface area contributed by atoms with Crippen LogP contribution in [0.15, 0.2) is 24.3 Å². The molecular weight excluding hydrogens is 382 g/mol. The molecule has 4 rings (SSSR count). The van der Waals surface area contributed by atoms with E-state index in [2.05, 4.69) is 27.2 Å². The van der Waals surface area contributed by atoms with Crippen molar-refractivity contribution in [2.75, 3.05) is 18.1 Å². The van der Waals surface area contributed by atoms with Crippen molar-refractivity contribution in [3.8, 4) is 0 Å². The molecule has 1 aromatic heterocycles. The molecule has 1 spiro atoms. The van der Waals surface area contributed by atoms with Gasteiger partial charge in [0.15, 0.2) is 5.82 Å². The second kappa shape index (κ2) is 7.89. The number of carbonyl (C=O) groups is 2. The predicted octanol–water partition coefficient (Wildman–Crippen LogP) is 2.86. The molecule has 1 saturated heterocycles. The number of urea groups is 1. The van der Waals surface area contributed by atoms with Crippen LogP contribution in [0.3, 0.4) is 0 Å². The quantitative estimate of drug-likeness (QED) is 0.729. The van der Waals surface area contributed by atoms with Gasteiger partial charge in [0.1, 0.15) is 5.54 Å². The van der Waals surface area contributed by atoms with Crippen molar-refractivity contribution in [2.24, 2.45) is 0 Å². The monoisotopic (exact) mass is 409 g/mol. The van der Waals surface area contributed by atoms with Gasteiger partial charge in [0, 0.05) is 12.7 Å². The summed E-state index contributed by atoms with van der Waals surface area (Å²) in [5.74, 6) is 0.441. The fraction of sp³-hybridized carbons (Fsp3) is 0.476. The smallest absolute Gasteiger partial charge is 0.327 e. The Hall–Kier alpha value is -3.23. The van der Waals surface area contributed by atoms with E-state index in [1.54, 1.807) is 11.9 Å². The van der Waals surface area contributed by atoms with Gasteiger partial charge in [-0.3, -0.25) is 9.69 Å². The van der Waals surface area contributed by atoms with Crippen molar-refractivity contribution >= 4 is 29.5 Å². The molecule has 3 amide bonds. The van der Waals surface area contributed by atoms with Crippen LogP contribution in [0.2, 0.25) is 0 Å². The fourth-order valence-corrected chi connectivity index (χ4v) is 4.45. The van der Waals surface area contributed by atoms with E-state index in [9.17, 15) is 9.59 Å². The Labute approximate surface area is 175 Å². The summed E-state index contributed by atoms with van der Waals surface area (Å²) < 4.78 is 0. The van der Waals surface area contributed by atoms with Gasteiger partial charge in [-0.1, -0.05) is 44.4 Å². The number of para-hydroxylation sites is 1. The number of hydrogen-bond acceptors (Lipinski definition) is 7. The first-order chi connectivity index (χ1) is 14.4. The highest BCUT2D eigenvalue weighted by Gasteiger charge is 2.55. The standard InChI is InChI=1S/C21H27N7O2/c1-3-14-9-5-6-10-15(14)23-19-25-16(24-18(22)26-19)13-28-17(29)21(27(2)20(28)30)11-7-4-8-12-21/h5-6,9-10H,3-4,7-8,11-13H2,1-2H3,(H3,22,23,24,25,26). The maximum absolute atomic E-state index is 13.2. The molecule has 1 aromatic carbocycles. The average Bonchev–Trinajstić information content (AvgIpc) is 2.91. The number of nitrogen functional groups attached to an aromatic ring is 1. The molecule has 2 aliphatic rings. The fourth-order valence-electron chi connectivity index (χ4n) is 4.45. The van der Waals surface area contributed by atoms with Crippen LogP contribution in [0, 0.1) is 0 Å². The van der Waals surface area contributed by atoms with Crippen LogP contribution in [0.25, 0.3) is 0 Å². The van der Waals surface area contributed by atoms with E-state index in [4.69, 9.17) is 5.73 Å². The average molecular weight is 409 g/mol. The van der Waals surface area contributed by atoms with Gasteiger partial charge in [0.2, 0.25) is 11.9 Å². The van der Waals surface area contributed by atoms with Gasteiger partial charge in [-0.2, -0.15) is 15.0 Å². The topological polar surface area (TPSA) is 117 Å². The van der Waals surface area contributed by atoms with Gasteiger partial charge in [-0.15, -0.1) is 0 Å². The zero-order valence-electron chi connectivity index (χ0n) is 17.4. The Morgan fingerprint density at radius 3 is 2.57 bits per heavy atom. The van der Waals surface area contributed by atoms with E-state index < -0.39 is 5.54 Å². The molecule has 0 unspecified atom stereocenters. The third kappa shape index (κ3) is 3.44. The molecular formula is C21H27N7O2. The Kier molecular flexibility index (Phi) is 5.27. The van der Waals surface area contributed by atoms with E-state index in [-0.39, 0.29) is 30.3 Å². The van der Waals surface area contributed by atoms with Crippen molar-refractivity contribution in [2.45, 2.75) is 57.5 Å². The number of hydrogen-bond donors (Lipinski definition) is 2. The summed E-state index contributed by atoms with van der Waals surface area (Å²) in [4.78, 5) is 41.6. The first-order valence-electron chi connectivity index (χ1n) is 10.4. The van der Waals surface area contributed by atoms with Crippen molar-refractivity contribution < 1.29 is 9.59 Å². The summed E-state index contributed by atoms with van der Waals surface area (Å²) in [6, 6.07) is 7.54. The molecule has 1 saturated carbocycles. The Balaban J connectivity index is 1.58. The largest absolute Gasteiger partial charge is 0.368 e. The molecule has 1 aliphatic carbocycles. The normalized spacial score (nSPS) is 18.3. The lowest BCUT2D eigenvalue weighted by atomic mass is 9.81. The van der Waals surface area contributed by atoms with E-state index in [0.29, 0.717) is 18.8 Å². The number of nitrogens with zero attached hydrogens (tertiary/aromatic N) is 5. The van der Waals surface area contributed by atoms with Gasteiger partial charge >= 0.3 is 6.03 Å². The van der Waals surface area contributed by atoms with Crippen molar-refractivity contribution in [1.29, 1.82) is 0 Å². The summed E-state index contributed by atoms with van der Waals surface area (Å²) in [6.07, 6.45) is 5.23. The van der Waals surface area contributed by atoms with Gasteiger partial charge < -0.3 is 16.0 Å². The summed E-state index contributed by atoms with van der Waals surface area (Å²) >= 11 is 0. The molecule has 9 heteroatoms. The van der Waals surface area contributed by atoms with Crippen LogP contribution in [-0.2, 0) is 17.8 Å². The lowest BCUT2D eigenvalue weighted by molar-refractivity contribution is -0.134. The lowest BCUT2D eigenvalue weighted by Gasteiger charge is -2.35. The highest BCUT2D eigenvalue weighted by molar-refractivity contribution is 6.06. The highest BCUT2D eigenvalue weighted by Crippen LogP contribution is 2.39. The summed E-state index contributed by atoms with van der Waals surface area (Å²) in [5, 5.41) is 3.18. The molecule has 158 valence electrons. The Morgan fingerprint density at radius 2 is 1.83 bits per heavy atom. The number of nitrogens with two attached hydrogens (primary N) is 1. The van der Waals surface area contributed by atoms with Gasteiger partial charge in [0.05, 0.1) is 6.54 Å². The number of aromatic nitrogens is 3. The van der Waals surface area contributed by atoms with Crippen molar-refractivity contribution in [3.05, 3.63) is 35.7 Å². The minimum absolute atomic E-state index is 0.0272. The lowest BCUT2D eigenvalue weighted by Crippen LogP contribution is -2.49. The summed E-state index contributed by atoms with van der Waals surface area (Å²) in [5.41, 5.74) is 7.16. The molecule has 2 aromatic rings. The number of carbonyl (C=O) groups excluding carboxylic acids is 2. The second-order valence-electron chi connectivity index (χ2n) is 7.89. The number of anilines is 3. The van der Waals surface area contributed by atoms with E-state index in [1.807, 2.05) is 24.3 Å². The Morgan fingerprint density at radius 1 is 1.10 bits per heavy atom. The minimum atomic E-state index is -0.727. The molecule has 1 aliphatic heterocycles. The number of nitrogens with one attached hydrogen (secondary N) is 1. The van der Waals surface area contributed by atoms with Gasteiger partial charge in [-0.05, 0) is 30.9 Å². The Bertz CT molecular complexity index is 972. The van der Waals surface area contributed by atoms with Crippen LogP contribution in [0.4, 0.5) is 22.4 Å². The van der Waals surface area contributed by atoms with Crippen LogP contribution < -0.4 is 11.1 Å². The molecule has 2 heterocycles. The maximum Gasteiger partial charge on any atom is 0.327 e. The van der Waals surface area contributed by atoms with E-state index >= 15 is 0 Å². The van der Waals surface area contributed by atoms with Crippen LogP contribution >= 0.6 is 0 Å². The third-order valence-corrected chi connectivity index (χ3v) is 6.13.